The van der Waals surface area contributed by atoms with Crippen molar-refractivity contribution in [3.8, 4) is 11.8 Å². The van der Waals surface area contributed by atoms with Crippen LogP contribution in [-0.2, 0) is 0 Å². The summed E-state index contributed by atoms with van der Waals surface area (Å²) < 4.78 is 0. The Kier molecular flexibility index (Phi) is 2.05. The maximum atomic E-state index is 3.15. The first kappa shape index (κ1) is 7.94. The summed E-state index contributed by atoms with van der Waals surface area (Å²) in [4.78, 5) is 2.96. The minimum atomic E-state index is 0.0945. The van der Waals surface area contributed by atoms with Crippen LogP contribution in [0.2, 0.25) is 0 Å². The van der Waals surface area contributed by atoms with Crippen LogP contribution >= 0.6 is 0 Å². The largest absolute Gasteiger partial charge is 0.367 e. The van der Waals surface area contributed by atoms with Gasteiger partial charge in [0.1, 0.15) is 0 Å². The standard InChI is InChI=1S/C10H13N/c1-10(2,3)6-4-9-5-7-11-8-9/h5,7-8,11H,1-3H3. The average molecular weight is 147 g/mol. The van der Waals surface area contributed by atoms with Crippen LogP contribution in [0.4, 0.5) is 0 Å². The Morgan fingerprint density at radius 2 is 2.09 bits per heavy atom. The van der Waals surface area contributed by atoms with E-state index >= 15 is 0 Å². The molecule has 0 unspecified atom stereocenters. The fourth-order valence-corrected chi connectivity index (χ4v) is 0.661. The fourth-order valence-electron chi connectivity index (χ4n) is 0.661. The van der Waals surface area contributed by atoms with Gasteiger partial charge in [0, 0.05) is 23.4 Å². The highest BCUT2D eigenvalue weighted by atomic mass is 14.6. The van der Waals surface area contributed by atoms with E-state index in [1.165, 1.54) is 0 Å². The van der Waals surface area contributed by atoms with Crippen LogP contribution in [0.5, 0.6) is 0 Å². The Morgan fingerprint density at radius 1 is 1.36 bits per heavy atom. The molecule has 0 amide bonds. The summed E-state index contributed by atoms with van der Waals surface area (Å²) >= 11 is 0. The highest BCUT2D eigenvalue weighted by molar-refractivity contribution is 5.32. The molecular formula is C10H13N. The molecule has 0 aliphatic carbocycles. The molecule has 11 heavy (non-hydrogen) atoms. The lowest BCUT2D eigenvalue weighted by Crippen LogP contribution is -1.99. The SMILES string of the molecule is CC(C)(C)C#Cc1cc[nH]c1. The second kappa shape index (κ2) is 2.84. The van der Waals surface area contributed by atoms with Crippen molar-refractivity contribution < 1.29 is 0 Å². The van der Waals surface area contributed by atoms with Gasteiger partial charge in [-0.3, -0.25) is 0 Å². The molecule has 1 nitrogen and oxygen atoms in total. The molecule has 0 bridgehead atoms. The molecule has 1 heteroatoms. The number of rotatable bonds is 0. The summed E-state index contributed by atoms with van der Waals surface area (Å²) in [7, 11) is 0. The van der Waals surface area contributed by atoms with Crippen molar-refractivity contribution >= 4 is 0 Å². The lowest BCUT2D eigenvalue weighted by atomic mass is 9.98. The summed E-state index contributed by atoms with van der Waals surface area (Å²) in [6, 6.07) is 1.97. The summed E-state index contributed by atoms with van der Waals surface area (Å²) in [5.74, 6) is 6.24. The average Bonchev–Trinajstić information content (AvgIpc) is 2.32. The second-order valence-electron chi connectivity index (χ2n) is 3.60. The van der Waals surface area contributed by atoms with Crippen LogP contribution in [0.25, 0.3) is 0 Å². The van der Waals surface area contributed by atoms with E-state index in [0.717, 1.165) is 5.56 Å². The second-order valence-corrected chi connectivity index (χ2v) is 3.60. The van der Waals surface area contributed by atoms with E-state index in [1.54, 1.807) is 0 Å². The van der Waals surface area contributed by atoms with Gasteiger partial charge in [0.25, 0.3) is 0 Å². The summed E-state index contributed by atoms with van der Waals surface area (Å²) in [6.07, 6.45) is 3.78. The number of aromatic amines is 1. The lowest BCUT2D eigenvalue weighted by Gasteiger charge is -2.06. The molecule has 0 radical (unpaired) electrons. The Hall–Kier alpha value is -1.16. The van der Waals surface area contributed by atoms with Crippen molar-refractivity contribution in [3.63, 3.8) is 0 Å². The predicted molar refractivity (Wildman–Crippen MR) is 47.1 cm³/mol. The summed E-state index contributed by atoms with van der Waals surface area (Å²) in [6.45, 7) is 6.31. The molecule has 1 aromatic heterocycles. The number of hydrogen-bond acceptors (Lipinski definition) is 0. The Bertz CT molecular complexity index is 264. The van der Waals surface area contributed by atoms with Crippen molar-refractivity contribution in [1.82, 2.24) is 4.98 Å². The fraction of sp³-hybridized carbons (Fsp3) is 0.400. The van der Waals surface area contributed by atoms with Gasteiger partial charge in [0.2, 0.25) is 0 Å². The van der Waals surface area contributed by atoms with Gasteiger partial charge in [-0.05, 0) is 26.8 Å². The molecule has 1 heterocycles. The highest BCUT2D eigenvalue weighted by Crippen LogP contribution is 2.10. The molecule has 0 saturated carbocycles. The summed E-state index contributed by atoms with van der Waals surface area (Å²) in [5, 5.41) is 0. The zero-order valence-corrected chi connectivity index (χ0v) is 7.23. The van der Waals surface area contributed by atoms with Gasteiger partial charge in [0.15, 0.2) is 0 Å². The first-order chi connectivity index (χ1) is 5.08. The molecule has 0 spiro atoms. The molecule has 0 fully saturated rings. The van der Waals surface area contributed by atoms with Crippen LogP contribution in [0, 0.1) is 17.3 Å². The monoisotopic (exact) mass is 147 g/mol. The van der Waals surface area contributed by atoms with E-state index in [2.05, 4.69) is 37.6 Å². The number of hydrogen-bond donors (Lipinski definition) is 1. The van der Waals surface area contributed by atoms with E-state index in [-0.39, 0.29) is 5.41 Å². The quantitative estimate of drug-likeness (QED) is 0.542. The van der Waals surface area contributed by atoms with E-state index < -0.39 is 0 Å². The van der Waals surface area contributed by atoms with Crippen LogP contribution < -0.4 is 0 Å². The molecule has 0 aromatic carbocycles. The van der Waals surface area contributed by atoms with Gasteiger partial charge in [-0.1, -0.05) is 11.8 Å². The molecule has 0 aliphatic rings. The first-order valence-electron chi connectivity index (χ1n) is 3.74. The third-order valence-corrected chi connectivity index (χ3v) is 1.18. The zero-order valence-electron chi connectivity index (χ0n) is 7.23. The Balaban J connectivity index is 2.74. The van der Waals surface area contributed by atoms with Crippen LogP contribution in [0.3, 0.4) is 0 Å². The molecule has 58 valence electrons. The van der Waals surface area contributed by atoms with Gasteiger partial charge in [-0.25, -0.2) is 0 Å². The van der Waals surface area contributed by atoms with Gasteiger partial charge >= 0.3 is 0 Å². The minimum absolute atomic E-state index is 0.0945. The van der Waals surface area contributed by atoms with E-state index in [9.17, 15) is 0 Å². The van der Waals surface area contributed by atoms with Gasteiger partial charge in [0.05, 0.1) is 0 Å². The summed E-state index contributed by atoms with van der Waals surface area (Å²) in [5.41, 5.74) is 1.15. The third kappa shape index (κ3) is 2.95. The van der Waals surface area contributed by atoms with Crippen LogP contribution in [0.1, 0.15) is 26.3 Å². The number of nitrogens with one attached hydrogen (secondary N) is 1. The van der Waals surface area contributed by atoms with Crippen molar-refractivity contribution in [3.05, 3.63) is 24.0 Å². The van der Waals surface area contributed by atoms with Gasteiger partial charge in [-0.15, -0.1) is 0 Å². The van der Waals surface area contributed by atoms with Crippen LogP contribution in [0.15, 0.2) is 18.5 Å². The number of aromatic nitrogens is 1. The maximum Gasteiger partial charge on any atom is 0.0419 e. The van der Waals surface area contributed by atoms with Crippen LogP contribution in [-0.4, -0.2) is 4.98 Å². The topological polar surface area (TPSA) is 15.8 Å². The van der Waals surface area contributed by atoms with Crippen molar-refractivity contribution in [2.75, 3.05) is 0 Å². The van der Waals surface area contributed by atoms with Crippen molar-refractivity contribution in [2.24, 2.45) is 5.41 Å². The Morgan fingerprint density at radius 3 is 2.55 bits per heavy atom. The van der Waals surface area contributed by atoms with Crippen molar-refractivity contribution in [2.45, 2.75) is 20.8 Å². The maximum absolute atomic E-state index is 3.15. The molecule has 1 N–H and O–H groups in total. The molecule has 1 aromatic rings. The predicted octanol–water partition coefficient (Wildman–Crippen LogP) is 2.41. The number of H-pyrrole nitrogens is 1. The first-order valence-corrected chi connectivity index (χ1v) is 3.74. The zero-order chi connectivity index (χ0) is 8.32. The van der Waals surface area contributed by atoms with Crippen molar-refractivity contribution in [1.29, 1.82) is 0 Å². The Labute approximate surface area is 67.8 Å². The van der Waals surface area contributed by atoms with E-state index in [0.29, 0.717) is 0 Å². The molecule has 0 aliphatic heterocycles. The molecule has 0 saturated heterocycles. The highest BCUT2D eigenvalue weighted by Gasteiger charge is 2.02. The molecule has 0 atom stereocenters. The smallest absolute Gasteiger partial charge is 0.0419 e. The lowest BCUT2D eigenvalue weighted by molar-refractivity contribution is 0.571. The van der Waals surface area contributed by atoms with E-state index in [4.69, 9.17) is 0 Å². The molecule has 1 rings (SSSR count). The van der Waals surface area contributed by atoms with Gasteiger partial charge < -0.3 is 4.98 Å². The van der Waals surface area contributed by atoms with E-state index in [1.807, 2.05) is 18.5 Å². The third-order valence-electron chi connectivity index (χ3n) is 1.18. The normalized spacial score (nSPS) is 10.5. The van der Waals surface area contributed by atoms with Gasteiger partial charge in [-0.2, -0.15) is 0 Å². The minimum Gasteiger partial charge on any atom is -0.367 e. The molecular weight excluding hydrogens is 134 g/mol.